The number of rotatable bonds is 1. The summed E-state index contributed by atoms with van der Waals surface area (Å²) < 4.78 is 0. The third kappa shape index (κ3) is 1.41. The SMILES string of the molecule is Clc1ccccc1C1CNCC12CCC2. The summed E-state index contributed by atoms with van der Waals surface area (Å²) in [6.45, 7) is 2.28. The maximum Gasteiger partial charge on any atom is 0.0441 e. The highest BCUT2D eigenvalue weighted by Gasteiger charge is 2.48. The van der Waals surface area contributed by atoms with Gasteiger partial charge in [0.25, 0.3) is 0 Å². The van der Waals surface area contributed by atoms with E-state index in [2.05, 4.69) is 17.4 Å². The molecule has 0 radical (unpaired) electrons. The molecule has 0 aromatic heterocycles. The molecular weight excluding hydrogens is 206 g/mol. The monoisotopic (exact) mass is 221 g/mol. The molecule has 1 nitrogen and oxygen atoms in total. The third-order valence-corrected chi connectivity index (χ3v) is 4.54. The van der Waals surface area contributed by atoms with Crippen molar-refractivity contribution in [2.75, 3.05) is 13.1 Å². The van der Waals surface area contributed by atoms with Crippen molar-refractivity contribution in [3.8, 4) is 0 Å². The van der Waals surface area contributed by atoms with Gasteiger partial charge < -0.3 is 5.32 Å². The topological polar surface area (TPSA) is 12.0 Å². The quantitative estimate of drug-likeness (QED) is 0.768. The number of nitrogens with one attached hydrogen (secondary N) is 1. The van der Waals surface area contributed by atoms with Crippen LogP contribution in [-0.4, -0.2) is 13.1 Å². The van der Waals surface area contributed by atoms with E-state index in [0.717, 1.165) is 11.6 Å². The van der Waals surface area contributed by atoms with E-state index >= 15 is 0 Å². The molecule has 2 heteroatoms. The van der Waals surface area contributed by atoms with Crippen LogP contribution in [-0.2, 0) is 0 Å². The van der Waals surface area contributed by atoms with Crippen LogP contribution in [0, 0.1) is 5.41 Å². The maximum absolute atomic E-state index is 6.28. The fourth-order valence-corrected chi connectivity index (χ4v) is 3.43. The van der Waals surface area contributed by atoms with Gasteiger partial charge >= 0.3 is 0 Å². The highest BCUT2D eigenvalue weighted by molar-refractivity contribution is 6.31. The molecule has 2 aliphatic rings. The molecule has 3 rings (SSSR count). The van der Waals surface area contributed by atoms with Gasteiger partial charge in [-0.3, -0.25) is 0 Å². The second-order valence-corrected chi connectivity index (χ2v) is 5.33. The van der Waals surface area contributed by atoms with E-state index in [0.29, 0.717) is 11.3 Å². The first kappa shape index (κ1) is 9.68. The average molecular weight is 222 g/mol. The molecule has 1 saturated heterocycles. The Bertz CT molecular complexity index is 371. The first-order valence-corrected chi connectivity index (χ1v) is 6.15. The van der Waals surface area contributed by atoms with Crippen LogP contribution in [0.5, 0.6) is 0 Å². The predicted octanol–water partition coefficient (Wildman–Crippen LogP) is 3.20. The minimum atomic E-state index is 0.533. The zero-order chi connectivity index (χ0) is 10.3. The molecule has 1 aromatic carbocycles. The van der Waals surface area contributed by atoms with Crippen LogP contribution in [0.3, 0.4) is 0 Å². The molecule has 0 amide bonds. The van der Waals surface area contributed by atoms with Gasteiger partial charge in [-0.1, -0.05) is 36.2 Å². The van der Waals surface area contributed by atoms with Gasteiger partial charge in [0.1, 0.15) is 0 Å². The largest absolute Gasteiger partial charge is 0.316 e. The third-order valence-electron chi connectivity index (χ3n) is 4.19. The lowest BCUT2D eigenvalue weighted by atomic mass is 9.61. The Morgan fingerprint density at radius 2 is 2.07 bits per heavy atom. The molecule has 1 N–H and O–H groups in total. The summed E-state index contributed by atoms with van der Waals surface area (Å²) in [6.07, 6.45) is 4.13. The molecule has 15 heavy (non-hydrogen) atoms. The predicted molar refractivity (Wildman–Crippen MR) is 63.3 cm³/mol. The van der Waals surface area contributed by atoms with Crippen molar-refractivity contribution < 1.29 is 0 Å². The van der Waals surface area contributed by atoms with Crippen LogP contribution in [0.4, 0.5) is 0 Å². The summed E-state index contributed by atoms with van der Waals surface area (Å²) in [7, 11) is 0. The van der Waals surface area contributed by atoms with E-state index in [1.807, 2.05) is 12.1 Å². The van der Waals surface area contributed by atoms with Gasteiger partial charge in [-0.2, -0.15) is 0 Å². The van der Waals surface area contributed by atoms with E-state index in [4.69, 9.17) is 11.6 Å². The Morgan fingerprint density at radius 3 is 2.73 bits per heavy atom. The van der Waals surface area contributed by atoms with Crippen molar-refractivity contribution in [1.29, 1.82) is 0 Å². The number of halogens is 1. The van der Waals surface area contributed by atoms with Crippen molar-refractivity contribution in [3.05, 3.63) is 34.9 Å². The fraction of sp³-hybridized carbons (Fsp3) is 0.538. The van der Waals surface area contributed by atoms with Gasteiger partial charge in [0.2, 0.25) is 0 Å². The molecule has 1 unspecified atom stereocenters. The lowest BCUT2D eigenvalue weighted by Gasteiger charge is -2.43. The average Bonchev–Trinajstić information content (AvgIpc) is 2.62. The van der Waals surface area contributed by atoms with Crippen molar-refractivity contribution >= 4 is 11.6 Å². The highest BCUT2D eigenvalue weighted by Crippen LogP contribution is 2.54. The second-order valence-electron chi connectivity index (χ2n) is 4.92. The standard InChI is InChI=1S/C13H16ClN/c14-12-5-2-1-4-10(12)11-8-15-9-13(11)6-3-7-13/h1-2,4-5,11,15H,3,6-9H2. The zero-order valence-electron chi connectivity index (χ0n) is 8.80. The smallest absolute Gasteiger partial charge is 0.0441 e. The van der Waals surface area contributed by atoms with Crippen LogP contribution >= 0.6 is 11.6 Å². The minimum absolute atomic E-state index is 0.533. The van der Waals surface area contributed by atoms with Crippen molar-refractivity contribution in [2.45, 2.75) is 25.2 Å². The molecule has 1 spiro atoms. The summed E-state index contributed by atoms with van der Waals surface area (Å²) in [4.78, 5) is 0. The summed E-state index contributed by atoms with van der Waals surface area (Å²) in [5.74, 6) is 0.639. The van der Waals surface area contributed by atoms with Gasteiger partial charge in [0.05, 0.1) is 0 Å². The van der Waals surface area contributed by atoms with E-state index in [9.17, 15) is 0 Å². The molecule has 1 aromatic rings. The first-order chi connectivity index (χ1) is 7.32. The molecular formula is C13H16ClN. The Hall–Kier alpha value is -0.530. The Labute approximate surface area is 95.8 Å². The molecule has 0 bridgehead atoms. The Balaban J connectivity index is 1.96. The number of benzene rings is 1. The second kappa shape index (κ2) is 3.50. The van der Waals surface area contributed by atoms with Gasteiger partial charge in [0, 0.05) is 24.0 Å². The van der Waals surface area contributed by atoms with Crippen molar-refractivity contribution in [2.24, 2.45) is 5.41 Å². The van der Waals surface area contributed by atoms with Crippen LogP contribution in [0.25, 0.3) is 0 Å². The summed E-state index contributed by atoms with van der Waals surface area (Å²) >= 11 is 6.28. The molecule has 1 saturated carbocycles. The van der Waals surface area contributed by atoms with Crippen LogP contribution in [0.1, 0.15) is 30.7 Å². The first-order valence-electron chi connectivity index (χ1n) is 5.77. The van der Waals surface area contributed by atoms with Gasteiger partial charge in [0.15, 0.2) is 0 Å². The molecule has 1 atom stereocenters. The Morgan fingerprint density at radius 1 is 1.27 bits per heavy atom. The lowest BCUT2D eigenvalue weighted by Crippen LogP contribution is -2.36. The number of hydrogen-bond acceptors (Lipinski definition) is 1. The van der Waals surface area contributed by atoms with Gasteiger partial charge in [-0.15, -0.1) is 0 Å². The lowest BCUT2D eigenvalue weighted by molar-refractivity contribution is 0.137. The van der Waals surface area contributed by atoms with Crippen LogP contribution in [0.2, 0.25) is 5.02 Å². The molecule has 2 fully saturated rings. The van der Waals surface area contributed by atoms with Gasteiger partial charge in [-0.05, 0) is 29.9 Å². The van der Waals surface area contributed by atoms with Crippen LogP contribution < -0.4 is 5.32 Å². The fourth-order valence-electron chi connectivity index (χ4n) is 3.16. The van der Waals surface area contributed by atoms with Crippen molar-refractivity contribution in [1.82, 2.24) is 5.32 Å². The van der Waals surface area contributed by atoms with E-state index in [1.165, 1.54) is 31.4 Å². The molecule has 80 valence electrons. The highest BCUT2D eigenvalue weighted by atomic mass is 35.5. The molecule has 1 aliphatic carbocycles. The molecule has 1 heterocycles. The number of hydrogen-bond donors (Lipinski definition) is 1. The van der Waals surface area contributed by atoms with E-state index in [1.54, 1.807) is 0 Å². The van der Waals surface area contributed by atoms with E-state index < -0.39 is 0 Å². The van der Waals surface area contributed by atoms with Crippen LogP contribution in [0.15, 0.2) is 24.3 Å². The zero-order valence-corrected chi connectivity index (χ0v) is 9.56. The van der Waals surface area contributed by atoms with E-state index in [-0.39, 0.29) is 0 Å². The summed E-state index contributed by atoms with van der Waals surface area (Å²) in [6, 6.07) is 8.33. The minimum Gasteiger partial charge on any atom is -0.316 e. The van der Waals surface area contributed by atoms with Crippen molar-refractivity contribution in [3.63, 3.8) is 0 Å². The molecule has 1 aliphatic heterocycles. The summed E-state index contributed by atoms with van der Waals surface area (Å²) in [5.41, 5.74) is 1.88. The summed E-state index contributed by atoms with van der Waals surface area (Å²) in [5, 5.41) is 4.47. The van der Waals surface area contributed by atoms with Gasteiger partial charge in [-0.25, -0.2) is 0 Å². The normalized spacial score (nSPS) is 27.9. The maximum atomic E-state index is 6.28. The Kier molecular flexibility index (Phi) is 2.26.